The van der Waals surface area contributed by atoms with Gasteiger partial charge in [0.15, 0.2) is 0 Å². The molecule has 0 atom stereocenters. The minimum absolute atomic E-state index is 0.920. The van der Waals surface area contributed by atoms with Gasteiger partial charge in [0.05, 0.1) is 12.2 Å². The number of hydrogen-bond acceptors (Lipinski definition) is 3. The number of aromatic nitrogens is 1. The van der Waals surface area contributed by atoms with Crippen LogP contribution in [0.4, 0.5) is 0 Å². The fourth-order valence-electron chi connectivity index (χ4n) is 2.44. The number of likely N-dealkylation sites (N-methyl/N-ethyl adjacent to an activating group) is 1. The lowest BCUT2D eigenvalue weighted by Gasteiger charge is -2.35. The van der Waals surface area contributed by atoms with E-state index in [1.54, 1.807) is 0 Å². The van der Waals surface area contributed by atoms with Gasteiger partial charge in [-0.05, 0) is 19.2 Å². The number of piperazine rings is 1. The van der Waals surface area contributed by atoms with Gasteiger partial charge < -0.3 is 14.4 Å². The lowest BCUT2D eigenvalue weighted by atomic mass is 10.2. The molecule has 1 aromatic rings. The van der Waals surface area contributed by atoms with E-state index in [-0.39, 0.29) is 0 Å². The molecule has 0 unspecified atom stereocenters. The van der Waals surface area contributed by atoms with Crippen LogP contribution in [0.1, 0.15) is 5.69 Å². The Morgan fingerprint density at radius 2 is 1.94 bits per heavy atom. The third-order valence-corrected chi connectivity index (χ3v) is 3.46. The predicted octanol–water partition coefficient (Wildman–Crippen LogP) is 0.496. The molecule has 1 saturated heterocycles. The summed E-state index contributed by atoms with van der Waals surface area (Å²) in [4.78, 5) is 9.49. The second-order valence-corrected chi connectivity index (χ2v) is 4.58. The highest BCUT2D eigenvalue weighted by molar-refractivity contribution is 5.98. The molecule has 4 heteroatoms. The molecule has 0 saturated carbocycles. The van der Waals surface area contributed by atoms with E-state index in [4.69, 9.17) is 4.99 Å². The van der Waals surface area contributed by atoms with Crippen LogP contribution in [0.3, 0.4) is 0 Å². The molecule has 0 amide bonds. The molecule has 2 aliphatic rings. The summed E-state index contributed by atoms with van der Waals surface area (Å²) in [5.74, 6) is 1.20. The molecule has 3 rings (SSSR count). The quantitative estimate of drug-likeness (QED) is 0.633. The van der Waals surface area contributed by atoms with Crippen LogP contribution < -0.4 is 0 Å². The third kappa shape index (κ3) is 1.63. The van der Waals surface area contributed by atoms with E-state index >= 15 is 0 Å². The number of aliphatic imine (C=N–C) groups is 1. The minimum Gasteiger partial charge on any atom is -0.353 e. The fraction of sp³-hybridized carbons (Fsp3) is 0.583. The van der Waals surface area contributed by atoms with Crippen molar-refractivity contribution in [1.29, 1.82) is 0 Å². The second kappa shape index (κ2) is 3.94. The molecule has 2 aliphatic heterocycles. The van der Waals surface area contributed by atoms with E-state index in [1.165, 1.54) is 11.5 Å². The van der Waals surface area contributed by atoms with Crippen LogP contribution in [0.15, 0.2) is 23.3 Å². The molecule has 16 heavy (non-hydrogen) atoms. The molecule has 0 radical (unpaired) electrons. The normalized spacial score (nSPS) is 21.8. The van der Waals surface area contributed by atoms with Crippen molar-refractivity contribution in [2.45, 2.75) is 6.54 Å². The molecular formula is C12H18N4. The first-order valence-electron chi connectivity index (χ1n) is 5.98. The van der Waals surface area contributed by atoms with Gasteiger partial charge in [-0.2, -0.15) is 0 Å². The van der Waals surface area contributed by atoms with E-state index in [0.717, 1.165) is 39.3 Å². The largest absolute Gasteiger partial charge is 0.353 e. The van der Waals surface area contributed by atoms with E-state index in [9.17, 15) is 0 Å². The number of hydrogen-bond donors (Lipinski definition) is 0. The summed E-state index contributed by atoms with van der Waals surface area (Å²) in [6, 6.07) is 4.29. The van der Waals surface area contributed by atoms with Gasteiger partial charge in [0.2, 0.25) is 0 Å². The summed E-state index contributed by atoms with van der Waals surface area (Å²) in [6.07, 6.45) is 2.15. The highest BCUT2D eigenvalue weighted by Gasteiger charge is 2.22. The molecule has 0 N–H and O–H groups in total. The van der Waals surface area contributed by atoms with Crippen LogP contribution in [0, 0.1) is 0 Å². The van der Waals surface area contributed by atoms with Gasteiger partial charge >= 0.3 is 0 Å². The van der Waals surface area contributed by atoms with Crippen LogP contribution in [0.5, 0.6) is 0 Å². The number of fused-ring (bicyclic) bond motifs is 1. The zero-order valence-corrected chi connectivity index (χ0v) is 9.76. The van der Waals surface area contributed by atoms with Gasteiger partial charge in [-0.1, -0.05) is 0 Å². The Labute approximate surface area is 96.2 Å². The molecule has 0 aliphatic carbocycles. The lowest BCUT2D eigenvalue weighted by molar-refractivity contribution is 0.214. The van der Waals surface area contributed by atoms with E-state index < -0.39 is 0 Å². The van der Waals surface area contributed by atoms with Crippen molar-refractivity contribution < 1.29 is 0 Å². The van der Waals surface area contributed by atoms with Crippen molar-refractivity contribution in [3.63, 3.8) is 0 Å². The predicted molar refractivity (Wildman–Crippen MR) is 64.9 cm³/mol. The van der Waals surface area contributed by atoms with Crippen molar-refractivity contribution in [1.82, 2.24) is 14.4 Å². The Hall–Kier alpha value is -1.29. The average molecular weight is 218 g/mol. The standard InChI is InChI=1S/C12H18N4/c1-14-7-9-16(10-8-14)12-11-3-2-5-15(11)6-4-13-12/h2-3,5H,4,6-10H2,1H3. The van der Waals surface area contributed by atoms with Crippen molar-refractivity contribution >= 4 is 5.84 Å². The molecule has 4 nitrogen and oxygen atoms in total. The van der Waals surface area contributed by atoms with Crippen LogP contribution in [0.2, 0.25) is 0 Å². The number of amidine groups is 1. The molecule has 0 bridgehead atoms. The highest BCUT2D eigenvalue weighted by Crippen LogP contribution is 2.14. The topological polar surface area (TPSA) is 23.8 Å². The van der Waals surface area contributed by atoms with E-state index in [0.29, 0.717) is 0 Å². The van der Waals surface area contributed by atoms with Crippen LogP contribution in [0.25, 0.3) is 0 Å². The first-order chi connectivity index (χ1) is 7.84. The molecule has 0 spiro atoms. The van der Waals surface area contributed by atoms with E-state index in [1.807, 2.05) is 0 Å². The summed E-state index contributed by atoms with van der Waals surface area (Å²) in [7, 11) is 2.18. The Kier molecular flexibility index (Phi) is 2.44. The molecule has 1 aromatic heterocycles. The SMILES string of the molecule is CN1CCN(C2=NCCn3cccc32)CC1. The Morgan fingerprint density at radius 3 is 2.75 bits per heavy atom. The van der Waals surface area contributed by atoms with Gasteiger partial charge in [0.25, 0.3) is 0 Å². The molecule has 86 valence electrons. The van der Waals surface area contributed by atoms with Crippen molar-refractivity contribution in [2.75, 3.05) is 39.8 Å². The van der Waals surface area contributed by atoms with E-state index in [2.05, 4.69) is 39.7 Å². The summed E-state index contributed by atoms with van der Waals surface area (Å²) in [5.41, 5.74) is 1.29. The maximum Gasteiger partial charge on any atom is 0.148 e. The van der Waals surface area contributed by atoms with Gasteiger partial charge in [-0.3, -0.25) is 4.99 Å². The van der Waals surface area contributed by atoms with Crippen molar-refractivity contribution in [3.8, 4) is 0 Å². The Morgan fingerprint density at radius 1 is 1.12 bits per heavy atom. The smallest absolute Gasteiger partial charge is 0.148 e. The van der Waals surface area contributed by atoms with Crippen LogP contribution in [-0.2, 0) is 6.54 Å². The van der Waals surface area contributed by atoms with Crippen molar-refractivity contribution in [2.24, 2.45) is 4.99 Å². The van der Waals surface area contributed by atoms with Gasteiger partial charge in [0, 0.05) is 38.9 Å². The first-order valence-corrected chi connectivity index (χ1v) is 5.98. The van der Waals surface area contributed by atoms with Gasteiger partial charge in [-0.15, -0.1) is 0 Å². The summed E-state index contributed by atoms with van der Waals surface area (Å²) >= 11 is 0. The molecular weight excluding hydrogens is 200 g/mol. The zero-order chi connectivity index (χ0) is 11.0. The monoisotopic (exact) mass is 218 g/mol. The third-order valence-electron chi connectivity index (χ3n) is 3.46. The van der Waals surface area contributed by atoms with Gasteiger partial charge in [0.1, 0.15) is 5.84 Å². The molecule has 0 aromatic carbocycles. The molecule has 1 fully saturated rings. The number of rotatable bonds is 0. The fourth-order valence-corrected chi connectivity index (χ4v) is 2.44. The highest BCUT2D eigenvalue weighted by atomic mass is 15.3. The van der Waals surface area contributed by atoms with Crippen molar-refractivity contribution in [3.05, 3.63) is 24.0 Å². The Balaban J connectivity index is 1.83. The second-order valence-electron chi connectivity index (χ2n) is 4.58. The summed E-state index contributed by atoms with van der Waals surface area (Å²) < 4.78 is 2.31. The minimum atomic E-state index is 0.920. The lowest BCUT2D eigenvalue weighted by Crippen LogP contribution is -2.48. The maximum absolute atomic E-state index is 4.69. The summed E-state index contributed by atoms with van der Waals surface area (Å²) in [5, 5.41) is 0. The number of nitrogens with zero attached hydrogens (tertiary/aromatic N) is 4. The van der Waals surface area contributed by atoms with Gasteiger partial charge in [-0.25, -0.2) is 0 Å². The van der Waals surface area contributed by atoms with Crippen LogP contribution in [-0.4, -0.2) is 60.0 Å². The first kappa shape index (κ1) is 9.90. The maximum atomic E-state index is 4.69. The summed E-state index contributed by atoms with van der Waals surface area (Å²) in [6.45, 7) is 6.42. The zero-order valence-electron chi connectivity index (χ0n) is 9.76. The molecule has 3 heterocycles. The Bertz CT molecular complexity index is 399. The average Bonchev–Trinajstić information content (AvgIpc) is 2.78. The van der Waals surface area contributed by atoms with Crippen LogP contribution >= 0.6 is 0 Å².